The molecule has 1 heterocycles. The van der Waals surface area contributed by atoms with Crippen LogP contribution in [0.4, 0.5) is 0 Å². The van der Waals surface area contributed by atoms with Gasteiger partial charge in [0.15, 0.2) is 5.78 Å². The van der Waals surface area contributed by atoms with Crippen LogP contribution in [-0.4, -0.2) is 10.8 Å². The Bertz CT molecular complexity index is 584. The van der Waals surface area contributed by atoms with Crippen LogP contribution in [0.25, 0.3) is 10.9 Å². The van der Waals surface area contributed by atoms with Gasteiger partial charge < -0.3 is 0 Å². The van der Waals surface area contributed by atoms with Gasteiger partial charge in [-0.15, -0.1) is 0 Å². The SMILES string of the molecule is Cc1ccc2cc(C(=O)C3CCC3)ccc2n1. The van der Waals surface area contributed by atoms with E-state index in [1.165, 1.54) is 6.42 Å². The molecule has 2 heteroatoms. The first-order valence-corrected chi connectivity index (χ1v) is 6.16. The van der Waals surface area contributed by atoms with E-state index in [0.29, 0.717) is 5.78 Å². The van der Waals surface area contributed by atoms with Gasteiger partial charge in [-0.3, -0.25) is 9.78 Å². The Kier molecular flexibility index (Phi) is 2.43. The Morgan fingerprint density at radius 3 is 2.76 bits per heavy atom. The Morgan fingerprint density at radius 2 is 2.06 bits per heavy atom. The van der Waals surface area contributed by atoms with Crippen molar-refractivity contribution in [2.75, 3.05) is 0 Å². The maximum absolute atomic E-state index is 12.1. The Labute approximate surface area is 101 Å². The molecule has 0 amide bonds. The van der Waals surface area contributed by atoms with Crippen LogP contribution in [0.1, 0.15) is 35.3 Å². The highest BCUT2D eigenvalue weighted by atomic mass is 16.1. The fourth-order valence-corrected chi connectivity index (χ4v) is 2.29. The number of benzene rings is 1. The summed E-state index contributed by atoms with van der Waals surface area (Å²) in [4.78, 5) is 16.6. The number of aromatic nitrogens is 1. The van der Waals surface area contributed by atoms with Crippen molar-refractivity contribution in [2.45, 2.75) is 26.2 Å². The lowest BCUT2D eigenvalue weighted by Gasteiger charge is -2.23. The van der Waals surface area contributed by atoms with E-state index < -0.39 is 0 Å². The molecular formula is C15H15NO. The van der Waals surface area contributed by atoms with Crippen LogP contribution in [0.3, 0.4) is 0 Å². The van der Waals surface area contributed by atoms with Gasteiger partial charge in [-0.1, -0.05) is 12.5 Å². The average molecular weight is 225 g/mol. The Hall–Kier alpha value is -1.70. The number of fused-ring (bicyclic) bond motifs is 1. The lowest BCUT2D eigenvalue weighted by molar-refractivity contribution is 0.0855. The van der Waals surface area contributed by atoms with E-state index in [1.54, 1.807) is 0 Å². The van der Waals surface area contributed by atoms with Gasteiger partial charge in [0.05, 0.1) is 5.52 Å². The molecule has 3 rings (SSSR count). The van der Waals surface area contributed by atoms with Crippen molar-refractivity contribution >= 4 is 16.7 Å². The van der Waals surface area contributed by atoms with Crippen LogP contribution in [0, 0.1) is 12.8 Å². The molecule has 0 unspecified atom stereocenters. The molecule has 0 aliphatic heterocycles. The topological polar surface area (TPSA) is 30.0 Å². The number of pyridine rings is 1. The molecule has 0 atom stereocenters. The summed E-state index contributed by atoms with van der Waals surface area (Å²) in [5, 5.41) is 1.06. The summed E-state index contributed by atoms with van der Waals surface area (Å²) in [5.41, 5.74) is 2.82. The fraction of sp³-hybridized carbons (Fsp3) is 0.333. The van der Waals surface area contributed by atoms with Crippen LogP contribution in [0.2, 0.25) is 0 Å². The summed E-state index contributed by atoms with van der Waals surface area (Å²) in [6.07, 6.45) is 3.32. The number of rotatable bonds is 2. The number of carbonyl (C=O) groups is 1. The first-order valence-electron chi connectivity index (χ1n) is 6.16. The predicted molar refractivity (Wildman–Crippen MR) is 68.2 cm³/mol. The van der Waals surface area contributed by atoms with Gasteiger partial charge in [-0.2, -0.15) is 0 Å². The summed E-state index contributed by atoms with van der Waals surface area (Å²) in [6.45, 7) is 1.98. The van der Waals surface area contributed by atoms with Crippen LogP contribution in [0.5, 0.6) is 0 Å². The molecular weight excluding hydrogens is 210 g/mol. The van der Waals surface area contributed by atoms with E-state index in [0.717, 1.165) is 35.0 Å². The molecule has 1 aromatic carbocycles. The highest BCUT2D eigenvalue weighted by Crippen LogP contribution is 2.30. The molecule has 0 radical (unpaired) electrons. The molecule has 86 valence electrons. The van der Waals surface area contributed by atoms with Gasteiger partial charge in [0.2, 0.25) is 0 Å². The standard InChI is InChI=1S/C15H15NO/c1-10-5-6-12-9-13(7-8-14(12)16-10)15(17)11-3-2-4-11/h5-9,11H,2-4H2,1H3. The molecule has 1 aromatic heterocycles. The number of carbonyl (C=O) groups excluding carboxylic acids is 1. The molecule has 1 aliphatic carbocycles. The van der Waals surface area contributed by atoms with Crippen LogP contribution < -0.4 is 0 Å². The zero-order valence-electron chi connectivity index (χ0n) is 9.94. The Balaban J connectivity index is 2.01. The predicted octanol–water partition coefficient (Wildman–Crippen LogP) is 3.53. The molecule has 0 saturated heterocycles. The minimum Gasteiger partial charge on any atom is -0.294 e. The van der Waals surface area contributed by atoms with Gasteiger partial charge in [0, 0.05) is 22.6 Å². The summed E-state index contributed by atoms with van der Waals surface area (Å²) in [6, 6.07) is 9.86. The lowest BCUT2D eigenvalue weighted by Crippen LogP contribution is -2.21. The highest BCUT2D eigenvalue weighted by Gasteiger charge is 2.26. The van der Waals surface area contributed by atoms with Crippen LogP contribution in [0.15, 0.2) is 30.3 Å². The zero-order chi connectivity index (χ0) is 11.8. The number of aryl methyl sites for hydroxylation is 1. The monoisotopic (exact) mass is 225 g/mol. The number of ketones is 1. The normalized spacial score (nSPS) is 15.8. The summed E-state index contributed by atoms with van der Waals surface area (Å²) in [7, 11) is 0. The van der Waals surface area contributed by atoms with E-state index in [-0.39, 0.29) is 5.92 Å². The van der Waals surface area contributed by atoms with Crippen molar-refractivity contribution in [2.24, 2.45) is 5.92 Å². The molecule has 0 bridgehead atoms. The second-order valence-corrected chi connectivity index (χ2v) is 4.85. The maximum Gasteiger partial charge on any atom is 0.165 e. The zero-order valence-corrected chi connectivity index (χ0v) is 9.94. The van der Waals surface area contributed by atoms with Gasteiger partial charge in [-0.25, -0.2) is 0 Å². The molecule has 2 aromatic rings. The van der Waals surface area contributed by atoms with Crippen LogP contribution >= 0.6 is 0 Å². The van der Waals surface area contributed by atoms with Crippen molar-refractivity contribution in [3.63, 3.8) is 0 Å². The largest absolute Gasteiger partial charge is 0.294 e. The average Bonchev–Trinajstić information content (AvgIpc) is 2.26. The van der Waals surface area contributed by atoms with Gasteiger partial charge in [-0.05, 0) is 44.0 Å². The number of hydrogen-bond acceptors (Lipinski definition) is 2. The maximum atomic E-state index is 12.1. The summed E-state index contributed by atoms with van der Waals surface area (Å²) >= 11 is 0. The lowest BCUT2D eigenvalue weighted by atomic mass is 9.80. The van der Waals surface area contributed by atoms with Crippen molar-refractivity contribution in [1.82, 2.24) is 4.98 Å². The van der Waals surface area contributed by atoms with E-state index in [9.17, 15) is 4.79 Å². The first kappa shape index (κ1) is 10.5. The van der Waals surface area contributed by atoms with Crippen molar-refractivity contribution in [3.05, 3.63) is 41.6 Å². The second-order valence-electron chi connectivity index (χ2n) is 4.85. The van der Waals surface area contributed by atoms with E-state index in [4.69, 9.17) is 0 Å². The van der Waals surface area contributed by atoms with Crippen molar-refractivity contribution < 1.29 is 4.79 Å². The minimum absolute atomic E-state index is 0.269. The van der Waals surface area contributed by atoms with Crippen LogP contribution in [-0.2, 0) is 0 Å². The third-order valence-electron chi connectivity index (χ3n) is 3.59. The van der Waals surface area contributed by atoms with E-state index in [2.05, 4.69) is 4.98 Å². The fourth-order valence-electron chi connectivity index (χ4n) is 2.29. The molecule has 2 nitrogen and oxygen atoms in total. The highest BCUT2D eigenvalue weighted by molar-refractivity contribution is 6.01. The van der Waals surface area contributed by atoms with Crippen molar-refractivity contribution in [1.29, 1.82) is 0 Å². The first-order chi connectivity index (χ1) is 8.24. The third-order valence-corrected chi connectivity index (χ3v) is 3.59. The molecule has 1 fully saturated rings. The second kappa shape index (κ2) is 3.95. The molecule has 0 N–H and O–H groups in total. The third kappa shape index (κ3) is 1.84. The smallest absolute Gasteiger partial charge is 0.165 e. The van der Waals surface area contributed by atoms with Gasteiger partial charge >= 0.3 is 0 Å². The molecule has 1 aliphatic rings. The summed E-state index contributed by atoms with van der Waals surface area (Å²) < 4.78 is 0. The van der Waals surface area contributed by atoms with E-state index in [1.807, 2.05) is 37.3 Å². The minimum atomic E-state index is 0.269. The van der Waals surface area contributed by atoms with Crippen molar-refractivity contribution in [3.8, 4) is 0 Å². The molecule has 0 spiro atoms. The summed E-state index contributed by atoms with van der Waals surface area (Å²) in [5.74, 6) is 0.574. The number of hydrogen-bond donors (Lipinski definition) is 0. The molecule has 1 saturated carbocycles. The molecule has 17 heavy (non-hydrogen) atoms. The quantitative estimate of drug-likeness (QED) is 0.732. The van der Waals surface area contributed by atoms with E-state index >= 15 is 0 Å². The number of nitrogens with zero attached hydrogens (tertiary/aromatic N) is 1. The van der Waals surface area contributed by atoms with Gasteiger partial charge in [0.25, 0.3) is 0 Å². The van der Waals surface area contributed by atoms with Gasteiger partial charge in [0.1, 0.15) is 0 Å². The number of Topliss-reactive ketones (excluding diaryl/α,β-unsaturated/α-hetero) is 1. The Morgan fingerprint density at radius 1 is 1.24 bits per heavy atom.